The molecule has 6 rings (SSSR count). The molecular weight excluding hydrogens is 761 g/mol. The van der Waals surface area contributed by atoms with Gasteiger partial charge in [0, 0.05) is 0 Å². The van der Waals surface area contributed by atoms with E-state index in [0.717, 1.165) is 5.56 Å². The van der Waals surface area contributed by atoms with Crippen molar-refractivity contribution in [3.8, 4) is 11.5 Å². The Kier molecular flexibility index (Phi) is 13.6. The van der Waals surface area contributed by atoms with Crippen LogP contribution >= 0.6 is 0 Å². The summed E-state index contributed by atoms with van der Waals surface area (Å²) in [6.07, 6.45) is 3.28. The molecule has 3 N–H and O–H groups in total. The Bertz CT molecular complexity index is 2650. The molecule has 6 aromatic rings. The minimum atomic E-state index is -4.58. The van der Waals surface area contributed by atoms with Gasteiger partial charge in [-0.3, -0.25) is 4.55 Å². The standard InChI is InChI=1S/C38H28N8O5S.O3S/c47-36-21-17-33(18-22-36)43-41-30-11-9-29(10-12-30)40-39-28-6-2-26(3-7-28)1-4-27-5-8-35(25-38(27)52(49,50)51)46-45-32-15-13-31(14-16-32)42-44-34-19-23-37(48)24-20-34;1-4(2)3/h1-25,47-48H,(H,49,50,51);. The summed E-state index contributed by atoms with van der Waals surface area (Å²) in [6, 6.07) is 38.0. The third-order valence-corrected chi connectivity index (χ3v) is 8.06. The number of phenols is 2. The van der Waals surface area contributed by atoms with Gasteiger partial charge in [0.2, 0.25) is 0 Å². The normalized spacial score (nSPS) is 11.8. The second-order valence-corrected chi connectivity index (χ2v) is 13.0. The fraction of sp³-hybridized carbons (Fsp3) is 0. The minimum Gasteiger partial charge on any atom is -0.508 e. The second-order valence-electron chi connectivity index (χ2n) is 11.2. The zero-order valence-corrected chi connectivity index (χ0v) is 30.3. The van der Waals surface area contributed by atoms with Crippen LogP contribution in [0.15, 0.2) is 185 Å². The van der Waals surface area contributed by atoms with Gasteiger partial charge in [-0.05, 0) is 132 Å². The summed E-state index contributed by atoms with van der Waals surface area (Å²) in [4.78, 5) is -0.316. The highest BCUT2D eigenvalue weighted by atomic mass is 32.2. The number of nitrogens with zero attached hydrogens (tertiary/aromatic N) is 8. The highest BCUT2D eigenvalue weighted by Crippen LogP contribution is 2.29. The first-order valence-corrected chi connectivity index (χ1v) is 18.5. The zero-order valence-electron chi connectivity index (χ0n) is 28.7. The highest BCUT2D eigenvalue weighted by molar-refractivity contribution is 7.86. The van der Waals surface area contributed by atoms with Gasteiger partial charge in [0.1, 0.15) is 16.4 Å². The van der Waals surface area contributed by atoms with Crippen LogP contribution in [0.2, 0.25) is 0 Å². The van der Waals surface area contributed by atoms with E-state index in [2.05, 4.69) is 40.9 Å². The Morgan fingerprint density at radius 1 is 0.411 bits per heavy atom. The summed E-state index contributed by atoms with van der Waals surface area (Å²) in [5.74, 6) is 0.298. The zero-order chi connectivity index (χ0) is 39.9. The molecule has 0 aliphatic heterocycles. The molecule has 0 radical (unpaired) electrons. The molecule has 0 aliphatic carbocycles. The molecule has 18 heteroatoms. The van der Waals surface area contributed by atoms with Crippen molar-refractivity contribution in [3.63, 3.8) is 0 Å². The average Bonchev–Trinajstić information content (AvgIpc) is 3.19. The van der Waals surface area contributed by atoms with E-state index < -0.39 is 20.7 Å². The summed E-state index contributed by atoms with van der Waals surface area (Å²) in [7, 11) is -7.69. The van der Waals surface area contributed by atoms with E-state index in [1.807, 2.05) is 0 Å². The van der Waals surface area contributed by atoms with Gasteiger partial charge in [-0.15, -0.1) is 12.6 Å². The summed E-state index contributed by atoms with van der Waals surface area (Å²) < 4.78 is 59.7. The largest absolute Gasteiger partial charge is 0.508 e. The van der Waals surface area contributed by atoms with Gasteiger partial charge < -0.3 is 10.2 Å². The fourth-order valence-corrected chi connectivity index (χ4v) is 5.16. The summed E-state index contributed by atoms with van der Waals surface area (Å²) in [6.45, 7) is 0. The Balaban J connectivity index is 0.00000143. The molecule has 16 nitrogen and oxygen atoms in total. The van der Waals surface area contributed by atoms with Crippen LogP contribution in [0.3, 0.4) is 0 Å². The minimum absolute atomic E-state index is 0.139. The van der Waals surface area contributed by atoms with E-state index >= 15 is 0 Å². The Labute approximate surface area is 321 Å². The lowest BCUT2D eigenvalue weighted by Crippen LogP contribution is -2.00. The van der Waals surface area contributed by atoms with Gasteiger partial charge in [-0.2, -0.15) is 49.3 Å². The molecule has 56 heavy (non-hydrogen) atoms. The maximum absolute atomic E-state index is 12.2. The van der Waals surface area contributed by atoms with Crippen LogP contribution in [-0.4, -0.2) is 35.8 Å². The molecule has 0 saturated carbocycles. The Morgan fingerprint density at radius 3 is 1.00 bits per heavy atom. The fourth-order valence-electron chi connectivity index (χ4n) is 4.46. The first-order valence-electron chi connectivity index (χ1n) is 16.0. The number of benzene rings is 6. The monoisotopic (exact) mass is 788 g/mol. The number of aromatic hydroxyl groups is 2. The quantitative estimate of drug-likeness (QED) is 0.0645. The van der Waals surface area contributed by atoms with E-state index in [1.165, 1.54) is 36.4 Å². The lowest BCUT2D eigenvalue weighted by Gasteiger charge is -2.04. The van der Waals surface area contributed by atoms with Gasteiger partial charge in [-0.1, -0.05) is 30.4 Å². The van der Waals surface area contributed by atoms with Crippen LogP contribution in [0.1, 0.15) is 11.1 Å². The first-order chi connectivity index (χ1) is 26.9. The topological polar surface area (TPSA) is 245 Å². The summed E-state index contributed by atoms with van der Waals surface area (Å²) in [5, 5.41) is 52.1. The predicted octanol–water partition coefficient (Wildman–Crippen LogP) is 11.2. The van der Waals surface area contributed by atoms with Gasteiger partial charge >= 0.3 is 10.6 Å². The number of phenolic OH excluding ortho intramolecular Hbond substituents is 2. The molecule has 0 bridgehead atoms. The molecule has 0 saturated heterocycles. The Morgan fingerprint density at radius 2 is 0.679 bits per heavy atom. The van der Waals surface area contributed by atoms with E-state index in [4.69, 9.17) is 12.6 Å². The third kappa shape index (κ3) is 12.9. The molecule has 0 unspecified atom stereocenters. The number of rotatable bonds is 11. The van der Waals surface area contributed by atoms with Crippen molar-refractivity contribution in [2.45, 2.75) is 4.90 Å². The number of hydrogen-bond donors (Lipinski definition) is 3. The molecule has 6 aromatic carbocycles. The third-order valence-electron chi connectivity index (χ3n) is 7.15. The highest BCUT2D eigenvalue weighted by Gasteiger charge is 2.15. The van der Waals surface area contributed by atoms with Crippen molar-refractivity contribution in [1.82, 2.24) is 0 Å². The summed E-state index contributed by atoms with van der Waals surface area (Å²) in [5.41, 5.74) is 5.38. The van der Waals surface area contributed by atoms with Crippen molar-refractivity contribution in [2.24, 2.45) is 40.9 Å². The maximum atomic E-state index is 12.2. The molecule has 0 aromatic heterocycles. The van der Waals surface area contributed by atoms with Crippen molar-refractivity contribution < 1.29 is 35.8 Å². The van der Waals surface area contributed by atoms with E-state index in [1.54, 1.807) is 115 Å². The smallest absolute Gasteiger partial charge is 0.425 e. The second kappa shape index (κ2) is 19.1. The molecule has 280 valence electrons. The van der Waals surface area contributed by atoms with Crippen molar-refractivity contribution in [1.29, 1.82) is 0 Å². The predicted molar refractivity (Wildman–Crippen MR) is 207 cm³/mol. The van der Waals surface area contributed by atoms with Crippen molar-refractivity contribution in [3.05, 3.63) is 151 Å². The van der Waals surface area contributed by atoms with E-state index in [9.17, 15) is 23.2 Å². The molecule has 0 atom stereocenters. The van der Waals surface area contributed by atoms with Crippen LogP contribution in [-0.2, 0) is 20.7 Å². The van der Waals surface area contributed by atoms with Gasteiger partial charge in [0.15, 0.2) is 0 Å². The molecule has 0 heterocycles. The SMILES string of the molecule is O=S(=O)(O)c1cc(N=Nc2ccc(N=Nc3ccc(O)cc3)cc2)ccc1C=Cc1ccc(N=Nc2ccc(N=Nc3ccc(O)cc3)cc2)cc1.O=S(=O)=O. The van der Waals surface area contributed by atoms with Crippen molar-refractivity contribution in [2.75, 3.05) is 0 Å². The van der Waals surface area contributed by atoms with Crippen LogP contribution in [0.5, 0.6) is 11.5 Å². The number of azo groups is 4. The van der Waals surface area contributed by atoms with Gasteiger partial charge in [0.05, 0.1) is 45.5 Å². The molecule has 0 fully saturated rings. The maximum Gasteiger partial charge on any atom is 0.425 e. The van der Waals surface area contributed by atoms with Gasteiger partial charge in [-0.25, -0.2) is 0 Å². The van der Waals surface area contributed by atoms with Crippen molar-refractivity contribution >= 4 is 78.4 Å². The molecule has 0 amide bonds. The average molecular weight is 789 g/mol. The lowest BCUT2D eigenvalue weighted by atomic mass is 10.1. The van der Waals surface area contributed by atoms with Crippen LogP contribution in [0.25, 0.3) is 12.2 Å². The first kappa shape index (κ1) is 39.8. The lowest BCUT2D eigenvalue weighted by molar-refractivity contribution is 0.475. The Hall–Kier alpha value is -7.41. The molecular formula is C38H28N8O8S2. The summed E-state index contributed by atoms with van der Waals surface area (Å²) >= 11 is 0. The van der Waals surface area contributed by atoms with Crippen LogP contribution < -0.4 is 0 Å². The van der Waals surface area contributed by atoms with Crippen LogP contribution in [0, 0.1) is 0 Å². The van der Waals surface area contributed by atoms with E-state index in [0.29, 0.717) is 39.8 Å². The van der Waals surface area contributed by atoms with Crippen LogP contribution in [0.4, 0.5) is 45.5 Å². The molecule has 0 spiro atoms. The number of hydrogen-bond acceptors (Lipinski definition) is 15. The van der Waals surface area contributed by atoms with Gasteiger partial charge in [0.25, 0.3) is 10.1 Å². The van der Waals surface area contributed by atoms with E-state index in [-0.39, 0.29) is 27.6 Å². The molecule has 0 aliphatic rings.